The molecule has 2 aromatic rings. The molecule has 3 nitrogen and oxygen atoms in total. The summed E-state index contributed by atoms with van der Waals surface area (Å²) in [5.74, 6) is 2.75. The van der Waals surface area contributed by atoms with Crippen LogP contribution in [0, 0.1) is 5.92 Å². The molecule has 0 aliphatic heterocycles. The van der Waals surface area contributed by atoms with Gasteiger partial charge in [0.15, 0.2) is 0 Å². The first-order valence-corrected chi connectivity index (χ1v) is 9.72. The monoisotopic (exact) mass is 353 g/mol. The van der Waals surface area contributed by atoms with E-state index in [1.165, 1.54) is 42.4 Å². The molecule has 1 saturated carbocycles. The number of methoxy groups -OCH3 is 2. The number of benzene rings is 2. The molecule has 1 aliphatic carbocycles. The molecule has 0 aromatic heterocycles. The Morgan fingerprint density at radius 1 is 1.00 bits per heavy atom. The van der Waals surface area contributed by atoms with Crippen molar-refractivity contribution in [1.29, 1.82) is 0 Å². The molecule has 140 valence electrons. The van der Waals surface area contributed by atoms with Gasteiger partial charge in [-0.25, -0.2) is 0 Å². The predicted octanol–water partition coefficient (Wildman–Crippen LogP) is 5.29. The van der Waals surface area contributed by atoms with E-state index in [0.29, 0.717) is 6.04 Å². The summed E-state index contributed by atoms with van der Waals surface area (Å²) < 4.78 is 10.8. The molecule has 1 aliphatic rings. The normalized spacial score (nSPS) is 15.8. The van der Waals surface area contributed by atoms with Gasteiger partial charge in [0.25, 0.3) is 0 Å². The van der Waals surface area contributed by atoms with Crippen LogP contribution in [0.1, 0.15) is 55.3 Å². The zero-order valence-electron chi connectivity index (χ0n) is 16.3. The lowest BCUT2D eigenvalue weighted by Gasteiger charge is -2.17. The zero-order chi connectivity index (χ0) is 18.4. The van der Waals surface area contributed by atoms with Crippen LogP contribution in [0.3, 0.4) is 0 Å². The molecule has 0 radical (unpaired) electrons. The van der Waals surface area contributed by atoms with Crippen LogP contribution in [0.5, 0.6) is 11.5 Å². The van der Waals surface area contributed by atoms with Crippen molar-refractivity contribution in [2.75, 3.05) is 14.2 Å². The summed E-state index contributed by atoms with van der Waals surface area (Å²) in [6.07, 6.45) is 6.63. The summed E-state index contributed by atoms with van der Waals surface area (Å²) in [6.45, 7) is 3.06. The number of hydrogen-bond acceptors (Lipinski definition) is 3. The lowest BCUT2D eigenvalue weighted by atomic mass is 9.96. The van der Waals surface area contributed by atoms with E-state index in [1.54, 1.807) is 14.2 Å². The van der Waals surface area contributed by atoms with Gasteiger partial charge in [-0.1, -0.05) is 49.9 Å². The van der Waals surface area contributed by atoms with E-state index in [1.807, 2.05) is 12.1 Å². The molecule has 0 spiro atoms. The van der Waals surface area contributed by atoms with Crippen molar-refractivity contribution in [3.05, 3.63) is 59.2 Å². The molecule has 0 bridgehead atoms. The Morgan fingerprint density at radius 2 is 1.73 bits per heavy atom. The van der Waals surface area contributed by atoms with Crippen LogP contribution in [0.15, 0.2) is 42.5 Å². The van der Waals surface area contributed by atoms with Crippen LogP contribution >= 0.6 is 0 Å². The number of hydrogen-bond donors (Lipinski definition) is 1. The lowest BCUT2D eigenvalue weighted by Crippen LogP contribution is -2.18. The number of rotatable bonds is 8. The van der Waals surface area contributed by atoms with Crippen molar-refractivity contribution in [2.45, 2.75) is 51.6 Å². The average molecular weight is 354 g/mol. The van der Waals surface area contributed by atoms with Gasteiger partial charge in [0.1, 0.15) is 11.5 Å². The van der Waals surface area contributed by atoms with Gasteiger partial charge in [-0.2, -0.15) is 0 Å². The second kappa shape index (κ2) is 9.09. The van der Waals surface area contributed by atoms with E-state index in [9.17, 15) is 0 Å². The average Bonchev–Trinajstić information content (AvgIpc) is 3.19. The molecule has 0 unspecified atom stereocenters. The molecule has 26 heavy (non-hydrogen) atoms. The first-order valence-electron chi connectivity index (χ1n) is 9.72. The first-order chi connectivity index (χ1) is 12.7. The van der Waals surface area contributed by atoms with Gasteiger partial charge in [0.05, 0.1) is 14.2 Å². The highest BCUT2D eigenvalue weighted by atomic mass is 16.5. The van der Waals surface area contributed by atoms with Gasteiger partial charge >= 0.3 is 0 Å². The second-order valence-corrected chi connectivity index (χ2v) is 7.38. The fourth-order valence-corrected chi connectivity index (χ4v) is 3.91. The Balaban J connectivity index is 1.62. The Kier molecular flexibility index (Phi) is 6.56. The standard InChI is InChI=1S/C23H31NO2/c1-17(20-9-11-22(25-2)12-10-20)24-16-19-8-13-23(26-3)21(15-19)14-18-6-4-5-7-18/h8-13,15,17-18,24H,4-7,14,16H2,1-3H3/t17-/m1/s1. The van der Waals surface area contributed by atoms with Crippen molar-refractivity contribution in [3.63, 3.8) is 0 Å². The maximum atomic E-state index is 5.60. The highest BCUT2D eigenvalue weighted by Gasteiger charge is 2.17. The van der Waals surface area contributed by atoms with Crippen LogP contribution in [-0.4, -0.2) is 14.2 Å². The van der Waals surface area contributed by atoms with E-state index in [-0.39, 0.29) is 0 Å². The summed E-state index contributed by atoms with van der Waals surface area (Å²) in [5.41, 5.74) is 3.94. The predicted molar refractivity (Wildman–Crippen MR) is 107 cm³/mol. The minimum Gasteiger partial charge on any atom is -0.497 e. The van der Waals surface area contributed by atoms with Gasteiger partial charge in [0.2, 0.25) is 0 Å². The molecule has 3 rings (SSSR count). The Hall–Kier alpha value is -2.00. The molecule has 1 fully saturated rings. The molecule has 2 aromatic carbocycles. The molecular weight excluding hydrogens is 322 g/mol. The van der Waals surface area contributed by atoms with Gasteiger partial charge in [0, 0.05) is 12.6 Å². The minimum absolute atomic E-state index is 0.293. The van der Waals surface area contributed by atoms with Crippen molar-refractivity contribution >= 4 is 0 Å². The molecule has 0 saturated heterocycles. The molecule has 0 heterocycles. The summed E-state index contributed by atoms with van der Waals surface area (Å²) in [5, 5.41) is 3.63. The largest absolute Gasteiger partial charge is 0.497 e. The maximum Gasteiger partial charge on any atom is 0.122 e. The van der Waals surface area contributed by atoms with Crippen molar-refractivity contribution in [1.82, 2.24) is 5.32 Å². The summed E-state index contributed by atoms with van der Waals surface area (Å²) in [6, 6.07) is 15.2. The van der Waals surface area contributed by atoms with Crippen LogP contribution < -0.4 is 14.8 Å². The van der Waals surface area contributed by atoms with Crippen molar-refractivity contribution in [2.24, 2.45) is 5.92 Å². The third-order valence-corrected chi connectivity index (χ3v) is 5.56. The maximum absolute atomic E-state index is 5.60. The van der Waals surface area contributed by atoms with Crippen LogP contribution in [0.4, 0.5) is 0 Å². The zero-order valence-corrected chi connectivity index (χ0v) is 16.3. The third-order valence-electron chi connectivity index (χ3n) is 5.56. The summed E-state index contributed by atoms with van der Waals surface area (Å²) in [4.78, 5) is 0. The van der Waals surface area contributed by atoms with Gasteiger partial charge < -0.3 is 14.8 Å². The van der Waals surface area contributed by atoms with Gasteiger partial charge in [-0.15, -0.1) is 0 Å². The van der Waals surface area contributed by atoms with Crippen molar-refractivity contribution in [3.8, 4) is 11.5 Å². The fraction of sp³-hybridized carbons (Fsp3) is 0.478. The van der Waals surface area contributed by atoms with E-state index >= 15 is 0 Å². The fourth-order valence-electron chi connectivity index (χ4n) is 3.91. The second-order valence-electron chi connectivity index (χ2n) is 7.38. The van der Waals surface area contributed by atoms with Crippen LogP contribution in [0.25, 0.3) is 0 Å². The molecule has 1 atom stereocenters. The number of ether oxygens (including phenoxy) is 2. The SMILES string of the molecule is COc1ccc([C@@H](C)NCc2ccc(OC)c(CC3CCCC3)c2)cc1. The van der Waals surface area contributed by atoms with E-state index < -0.39 is 0 Å². The smallest absolute Gasteiger partial charge is 0.122 e. The van der Waals surface area contributed by atoms with Crippen LogP contribution in [-0.2, 0) is 13.0 Å². The topological polar surface area (TPSA) is 30.5 Å². The number of nitrogens with one attached hydrogen (secondary N) is 1. The Labute approximate surface area is 157 Å². The third kappa shape index (κ3) is 4.79. The molecule has 3 heteroatoms. The Morgan fingerprint density at radius 3 is 2.38 bits per heavy atom. The molecule has 0 amide bonds. The Bertz CT molecular complexity index is 690. The van der Waals surface area contributed by atoms with Gasteiger partial charge in [-0.3, -0.25) is 0 Å². The van der Waals surface area contributed by atoms with E-state index in [4.69, 9.17) is 9.47 Å². The van der Waals surface area contributed by atoms with Crippen molar-refractivity contribution < 1.29 is 9.47 Å². The summed E-state index contributed by atoms with van der Waals surface area (Å²) in [7, 11) is 3.47. The van der Waals surface area contributed by atoms with Gasteiger partial charge in [-0.05, 0) is 54.2 Å². The molecule has 1 N–H and O–H groups in total. The highest BCUT2D eigenvalue weighted by Crippen LogP contribution is 2.31. The van der Waals surface area contributed by atoms with E-state index in [0.717, 1.165) is 30.4 Å². The van der Waals surface area contributed by atoms with Crippen LogP contribution in [0.2, 0.25) is 0 Å². The lowest BCUT2D eigenvalue weighted by molar-refractivity contribution is 0.404. The molecular formula is C23H31NO2. The minimum atomic E-state index is 0.293. The summed E-state index contributed by atoms with van der Waals surface area (Å²) >= 11 is 0. The van der Waals surface area contributed by atoms with E-state index in [2.05, 4.69) is 42.6 Å². The highest BCUT2D eigenvalue weighted by molar-refractivity contribution is 5.38. The quantitative estimate of drug-likeness (QED) is 0.700. The first kappa shape index (κ1) is 18.8.